The van der Waals surface area contributed by atoms with E-state index in [1.807, 2.05) is 30.3 Å². The van der Waals surface area contributed by atoms with Crippen molar-refractivity contribution in [2.24, 2.45) is 0 Å². The molecular formula is C17H16N2OS. The van der Waals surface area contributed by atoms with Crippen LogP contribution < -0.4 is 11.3 Å². The first kappa shape index (κ1) is 12.7. The Morgan fingerprint density at radius 1 is 1.24 bits per heavy atom. The highest BCUT2D eigenvalue weighted by Crippen LogP contribution is 2.36. The maximum Gasteiger partial charge on any atom is 0.260 e. The smallest absolute Gasteiger partial charge is 0.260 e. The van der Waals surface area contributed by atoms with Gasteiger partial charge in [0.2, 0.25) is 0 Å². The van der Waals surface area contributed by atoms with Gasteiger partial charge >= 0.3 is 0 Å². The van der Waals surface area contributed by atoms with E-state index < -0.39 is 0 Å². The lowest BCUT2D eigenvalue weighted by Gasteiger charge is -2.26. The van der Waals surface area contributed by atoms with Gasteiger partial charge < -0.3 is 5.73 Å². The third kappa shape index (κ3) is 1.90. The molecule has 2 aromatic heterocycles. The maximum absolute atomic E-state index is 12.9. The van der Waals surface area contributed by atoms with Crippen molar-refractivity contribution < 1.29 is 0 Å². The predicted molar refractivity (Wildman–Crippen MR) is 88.0 cm³/mol. The third-order valence-corrected chi connectivity index (χ3v) is 5.32. The first-order valence-corrected chi connectivity index (χ1v) is 8.09. The normalized spacial score (nSPS) is 17.8. The van der Waals surface area contributed by atoms with Gasteiger partial charge in [-0.15, -0.1) is 11.3 Å². The second-order valence-electron chi connectivity index (χ2n) is 5.54. The van der Waals surface area contributed by atoms with Crippen molar-refractivity contribution in [1.29, 1.82) is 0 Å². The maximum atomic E-state index is 12.9. The average molecular weight is 296 g/mol. The van der Waals surface area contributed by atoms with Gasteiger partial charge in [-0.1, -0.05) is 18.2 Å². The summed E-state index contributed by atoms with van der Waals surface area (Å²) in [6.07, 6.45) is 3.20. The number of hydrogen-bond donors (Lipinski definition) is 1. The average Bonchev–Trinajstić information content (AvgIpc) is 2.96. The fourth-order valence-corrected chi connectivity index (χ4v) is 4.33. The number of hydrogen-bond acceptors (Lipinski definition) is 3. The molecule has 4 heteroatoms. The molecule has 21 heavy (non-hydrogen) atoms. The van der Waals surface area contributed by atoms with Gasteiger partial charge in [-0.05, 0) is 53.8 Å². The minimum absolute atomic E-state index is 0.0228. The Morgan fingerprint density at radius 3 is 3.00 bits per heavy atom. The van der Waals surface area contributed by atoms with Crippen LogP contribution in [0.4, 0.5) is 5.82 Å². The largest absolute Gasteiger partial charge is 0.385 e. The Hall–Kier alpha value is -2.07. The molecule has 2 heterocycles. The minimum Gasteiger partial charge on any atom is -0.385 e. The molecule has 0 saturated heterocycles. The van der Waals surface area contributed by atoms with E-state index in [0.717, 1.165) is 30.0 Å². The zero-order valence-corrected chi connectivity index (χ0v) is 12.4. The molecular weight excluding hydrogens is 280 g/mol. The van der Waals surface area contributed by atoms with Crippen LogP contribution in [-0.2, 0) is 6.42 Å². The Labute approximate surface area is 126 Å². The highest BCUT2D eigenvalue weighted by atomic mass is 32.1. The Balaban J connectivity index is 1.98. The van der Waals surface area contributed by atoms with Crippen molar-refractivity contribution in [3.05, 3.63) is 62.6 Å². The molecule has 1 unspecified atom stereocenters. The molecule has 1 atom stereocenters. The van der Waals surface area contributed by atoms with Gasteiger partial charge in [0.15, 0.2) is 0 Å². The molecule has 0 fully saturated rings. The van der Waals surface area contributed by atoms with Crippen molar-refractivity contribution in [3.63, 3.8) is 0 Å². The van der Waals surface area contributed by atoms with Crippen molar-refractivity contribution in [2.75, 3.05) is 5.73 Å². The number of fused-ring (bicyclic) bond motifs is 2. The van der Waals surface area contributed by atoms with Crippen molar-refractivity contribution in [2.45, 2.75) is 25.3 Å². The number of nitrogen functional groups attached to an aromatic ring is 1. The zero-order valence-electron chi connectivity index (χ0n) is 11.6. The molecule has 1 aliphatic carbocycles. The summed E-state index contributed by atoms with van der Waals surface area (Å²) in [6, 6.07) is 11.8. The lowest BCUT2D eigenvalue weighted by atomic mass is 9.93. The van der Waals surface area contributed by atoms with Crippen LogP contribution in [0, 0.1) is 0 Å². The van der Waals surface area contributed by atoms with Gasteiger partial charge in [-0.3, -0.25) is 9.36 Å². The summed E-state index contributed by atoms with van der Waals surface area (Å²) < 4.78 is 1.78. The molecule has 0 spiro atoms. The Morgan fingerprint density at radius 2 is 2.10 bits per heavy atom. The first-order chi connectivity index (χ1) is 10.3. The zero-order chi connectivity index (χ0) is 14.4. The predicted octanol–water partition coefficient (Wildman–Crippen LogP) is 3.57. The van der Waals surface area contributed by atoms with Crippen molar-refractivity contribution in [3.8, 4) is 0 Å². The van der Waals surface area contributed by atoms with Gasteiger partial charge in [0, 0.05) is 10.3 Å². The summed E-state index contributed by atoms with van der Waals surface area (Å²) in [6.45, 7) is 0. The number of nitrogens with zero attached hydrogens (tertiary/aromatic N) is 1. The number of thiophene rings is 1. The monoisotopic (exact) mass is 296 g/mol. The van der Waals surface area contributed by atoms with Crippen LogP contribution in [0.2, 0.25) is 0 Å². The van der Waals surface area contributed by atoms with Gasteiger partial charge in [0.1, 0.15) is 5.82 Å². The topological polar surface area (TPSA) is 48.0 Å². The van der Waals surface area contributed by atoms with Crippen LogP contribution in [0.1, 0.15) is 29.3 Å². The standard InChI is InChI=1S/C17H16N2OS/c18-16-10-11-4-1-2-5-12(11)17(20)19(16)14-6-3-7-15-13(14)8-9-21-15/h1-2,4-5,8-10,14H,3,6-7,18H2. The van der Waals surface area contributed by atoms with E-state index >= 15 is 0 Å². The molecule has 106 valence electrons. The molecule has 1 aromatic carbocycles. The summed E-state index contributed by atoms with van der Waals surface area (Å²) in [5.41, 5.74) is 7.51. The SMILES string of the molecule is Nc1cc2ccccc2c(=O)n1C1CCCc2sccc21. The molecule has 3 aromatic rings. The number of aryl methyl sites for hydroxylation is 1. The summed E-state index contributed by atoms with van der Waals surface area (Å²) in [5, 5.41) is 3.78. The van der Waals surface area contributed by atoms with Gasteiger partial charge in [-0.2, -0.15) is 0 Å². The fourth-order valence-electron chi connectivity index (χ4n) is 3.35. The quantitative estimate of drug-likeness (QED) is 0.746. The van der Waals surface area contributed by atoms with Crippen LogP contribution in [0.5, 0.6) is 0 Å². The molecule has 1 aliphatic rings. The molecule has 0 bridgehead atoms. The second kappa shape index (κ2) is 4.74. The highest BCUT2D eigenvalue weighted by molar-refractivity contribution is 7.10. The molecule has 0 aliphatic heterocycles. The Kier molecular flexibility index (Phi) is 2.86. The van der Waals surface area contributed by atoms with Crippen LogP contribution in [0.25, 0.3) is 10.8 Å². The van der Waals surface area contributed by atoms with E-state index in [1.165, 1.54) is 10.4 Å². The second-order valence-corrected chi connectivity index (χ2v) is 6.54. The van der Waals surface area contributed by atoms with Crippen LogP contribution >= 0.6 is 11.3 Å². The van der Waals surface area contributed by atoms with E-state index in [0.29, 0.717) is 5.82 Å². The van der Waals surface area contributed by atoms with E-state index in [2.05, 4.69) is 11.4 Å². The molecule has 0 radical (unpaired) electrons. The Bertz CT molecular complexity index is 878. The summed E-state index contributed by atoms with van der Waals surface area (Å²) in [4.78, 5) is 14.3. The molecule has 0 amide bonds. The number of benzene rings is 1. The molecule has 3 nitrogen and oxygen atoms in total. The molecule has 0 saturated carbocycles. The number of rotatable bonds is 1. The lowest BCUT2D eigenvalue weighted by Crippen LogP contribution is -2.29. The third-order valence-electron chi connectivity index (χ3n) is 4.32. The first-order valence-electron chi connectivity index (χ1n) is 7.22. The van der Waals surface area contributed by atoms with E-state index in [1.54, 1.807) is 15.9 Å². The van der Waals surface area contributed by atoms with Crippen LogP contribution in [0.3, 0.4) is 0 Å². The summed E-state index contributed by atoms with van der Waals surface area (Å²) in [7, 11) is 0. The molecule has 2 N–H and O–H groups in total. The number of nitrogens with two attached hydrogens (primary N) is 1. The van der Waals surface area contributed by atoms with Crippen molar-refractivity contribution in [1.82, 2.24) is 4.57 Å². The van der Waals surface area contributed by atoms with Gasteiger partial charge in [0.25, 0.3) is 5.56 Å². The fraction of sp³-hybridized carbons (Fsp3) is 0.235. The summed E-state index contributed by atoms with van der Waals surface area (Å²) >= 11 is 1.78. The van der Waals surface area contributed by atoms with E-state index in [-0.39, 0.29) is 11.6 Å². The van der Waals surface area contributed by atoms with Gasteiger partial charge in [0.05, 0.1) is 6.04 Å². The van der Waals surface area contributed by atoms with E-state index in [4.69, 9.17) is 5.73 Å². The number of aromatic nitrogens is 1. The van der Waals surface area contributed by atoms with Crippen LogP contribution in [-0.4, -0.2) is 4.57 Å². The highest BCUT2D eigenvalue weighted by Gasteiger charge is 2.25. The number of anilines is 1. The van der Waals surface area contributed by atoms with E-state index in [9.17, 15) is 4.79 Å². The van der Waals surface area contributed by atoms with Gasteiger partial charge in [-0.25, -0.2) is 0 Å². The molecule has 4 rings (SSSR count). The lowest BCUT2D eigenvalue weighted by molar-refractivity contribution is 0.490. The van der Waals surface area contributed by atoms with Crippen molar-refractivity contribution >= 4 is 27.9 Å². The summed E-state index contributed by atoms with van der Waals surface area (Å²) in [5.74, 6) is 0.558. The minimum atomic E-state index is 0.0228. The van der Waals surface area contributed by atoms with Crippen LogP contribution in [0.15, 0.2) is 46.6 Å². The number of pyridine rings is 1.